The van der Waals surface area contributed by atoms with Gasteiger partial charge in [-0.2, -0.15) is 13.9 Å². The number of carbonyl (C=O) groups is 3. The maximum atomic E-state index is 13.9. The summed E-state index contributed by atoms with van der Waals surface area (Å²) >= 11 is 0. The molecule has 2 aliphatic rings. The van der Waals surface area contributed by atoms with Crippen molar-refractivity contribution < 1.29 is 32.6 Å². The van der Waals surface area contributed by atoms with E-state index in [4.69, 9.17) is 4.74 Å². The first-order valence-corrected chi connectivity index (χ1v) is 12.5. The predicted octanol–water partition coefficient (Wildman–Crippen LogP) is 3.67. The molecule has 1 N–H and O–H groups in total. The first-order chi connectivity index (χ1) is 17.8. The Kier molecular flexibility index (Phi) is 7.35. The number of nitrogens with zero attached hydrogens (tertiary/aromatic N) is 4. The number of rotatable bonds is 5. The Morgan fingerprint density at radius 3 is 2.42 bits per heavy atom. The van der Waals surface area contributed by atoms with Crippen LogP contribution < -0.4 is 10.1 Å². The summed E-state index contributed by atoms with van der Waals surface area (Å²) in [5.41, 5.74) is 1.51. The minimum absolute atomic E-state index is 0.00709. The molecule has 0 aliphatic carbocycles. The maximum absolute atomic E-state index is 13.9. The Labute approximate surface area is 219 Å². The molecule has 38 heavy (non-hydrogen) atoms. The second-order valence-corrected chi connectivity index (χ2v) is 10.6. The first kappa shape index (κ1) is 27.3. The van der Waals surface area contributed by atoms with Crippen molar-refractivity contribution in [2.24, 2.45) is 0 Å². The van der Waals surface area contributed by atoms with Crippen LogP contribution in [0.3, 0.4) is 0 Å². The van der Waals surface area contributed by atoms with Crippen molar-refractivity contribution >= 4 is 17.9 Å². The highest BCUT2D eigenvalue weighted by atomic mass is 19.3. The summed E-state index contributed by atoms with van der Waals surface area (Å²) in [6.07, 6.45) is -0.0817. The molecule has 10 nitrogen and oxygen atoms in total. The van der Waals surface area contributed by atoms with Gasteiger partial charge in [0.25, 0.3) is 5.91 Å². The molecule has 3 atom stereocenters. The van der Waals surface area contributed by atoms with Crippen LogP contribution in [0.5, 0.6) is 5.75 Å². The van der Waals surface area contributed by atoms with Crippen LogP contribution in [0, 0.1) is 0 Å². The second-order valence-electron chi connectivity index (χ2n) is 10.6. The number of ether oxygens (including phenoxy) is 2. The zero-order valence-electron chi connectivity index (χ0n) is 22.3. The topological polar surface area (TPSA) is 106 Å². The quantitative estimate of drug-likeness (QED) is 0.629. The third-order valence-corrected chi connectivity index (χ3v) is 6.80. The zero-order chi connectivity index (χ0) is 27.9. The fraction of sp³-hybridized carbons (Fsp3) is 0.538. The first-order valence-electron chi connectivity index (χ1n) is 12.5. The molecule has 0 saturated carbocycles. The molecular formula is C26H33F2N5O5. The van der Waals surface area contributed by atoms with E-state index in [9.17, 15) is 23.2 Å². The molecule has 3 amide bonds. The van der Waals surface area contributed by atoms with E-state index in [1.54, 1.807) is 49.6 Å². The molecule has 0 radical (unpaired) electrons. The number of fused-ring (bicyclic) bond motifs is 3. The van der Waals surface area contributed by atoms with E-state index in [0.717, 1.165) is 0 Å². The van der Waals surface area contributed by atoms with Gasteiger partial charge in [-0.25, -0.2) is 9.48 Å². The summed E-state index contributed by atoms with van der Waals surface area (Å²) in [5.74, 6) is -0.640. The van der Waals surface area contributed by atoms with Gasteiger partial charge in [0.05, 0.1) is 24.8 Å². The van der Waals surface area contributed by atoms with Crippen molar-refractivity contribution in [2.75, 3.05) is 13.6 Å². The lowest BCUT2D eigenvalue weighted by Crippen LogP contribution is -2.49. The molecule has 4 rings (SSSR count). The Balaban J connectivity index is 1.69. The third-order valence-electron chi connectivity index (χ3n) is 6.80. The average molecular weight is 534 g/mol. The molecule has 0 bridgehead atoms. The predicted molar refractivity (Wildman–Crippen MR) is 133 cm³/mol. The molecule has 0 spiro atoms. The van der Waals surface area contributed by atoms with E-state index in [1.807, 2.05) is 6.92 Å². The van der Waals surface area contributed by atoms with Gasteiger partial charge in [0.2, 0.25) is 5.91 Å². The van der Waals surface area contributed by atoms with Crippen LogP contribution >= 0.6 is 0 Å². The molecule has 0 saturated heterocycles. The molecule has 1 aromatic carbocycles. The summed E-state index contributed by atoms with van der Waals surface area (Å²) in [6, 6.07) is 4.55. The van der Waals surface area contributed by atoms with Crippen molar-refractivity contribution in [2.45, 2.75) is 77.9 Å². The Hall–Kier alpha value is -3.70. The van der Waals surface area contributed by atoms with Crippen LogP contribution in [0.2, 0.25) is 0 Å². The van der Waals surface area contributed by atoms with E-state index < -0.39 is 30.4 Å². The number of alkyl halides is 2. The van der Waals surface area contributed by atoms with Gasteiger partial charge < -0.3 is 24.6 Å². The molecule has 0 unspecified atom stereocenters. The zero-order valence-corrected chi connectivity index (χ0v) is 22.3. The van der Waals surface area contributed by atoms with E-state index in [1.165, 1.54) is 23.9 Å². The largest absolute Gasteiger partial charge is 0.444 e. The van der Waals surface area contributed by atoms with E-state index in [-0.39, 0.29) is 42.4 Å². The van der Waals surface area contributed by atoms with Gasteiger partial charge in [0.15, 0.2) is 0 Å². The molecule has 1 aromatic heterocycles. The smallest absolute Gasteiger partial charge is 0.410 e. The lowest BCUT2D eigenvalue weighted by molar-refractivity contribution is -0.125. The van der Waals surface area contributed by atoms with Crippen LogP contribution in [0.1, 0.15) is 74.0 Å². The van der Waals surface area contributed by atoms with Gasteiger partial charge >= 0.3 is 12.7 Å². The number of aromatic nitrogens is 2. The van der Waals surface area contributed by atoms with Crippen molar-refractivity contribution in [3.63, 3.8) is 0 Å². The highest BCUT2D eigenvalue weighted by Crippen LogP contribution is 2.36. The van der Waals surface area contributed by atoms with Crippen molar-refractivity contribution in [1.82, 2.24) is 24.9 Å². The number of nitrogens with one attached hydrogen (secondary N) is 1. The maximum Gasteiger partial charge on any atom is 0.410 e. The number of amides is 3. The number of likely N-dealkylation sites (N-methyl/N-ethyl adjacent to an activating group) is 1. The van der Waals surface area contributed by atoms with E-state index in [2.05, 4.69) is 15.2 Å². The molecule has 2 aliphatic heterocycles. The van der Waals surface area contributed by atoms with Gasteiger partial charge in [-0.3, -0.25) is 9.59 Å². The number of benzene rings is 1. The van der Waals surface area contributed by atoms with Gasteiger partial charge in [-0.15, -0.1) is 0 Å². The van der Waals surface area contributed by atoms with Gasteiger partial charge in [-0.1, -0.05) is 12.1 Å². The van der Waals surface area contributed by atoms with Gasteiger partial charge in [0, 0.05) is 25.1 Å². The summed E-state index contributed by atoms with van der Waals surface area (Å²) < 4.78 is 36.6. The average Bonchev–Trinajstić information content (AvgIpc) is 3.20. The van der Waals surface area contributed by atoms with Crippen molar-refractivity contribution in [3.8, 4) is 5.75 Å². The lowest BCUT2D eigenvalue weighted by Gasteiger charge is -2.38. The van der Waals surface area contributed by atoms with Crippen LogP contribution in [-0.2, 0) is 22.5 Å². The monoisotopic (exact) mass is 533 g/mol. The minimum atomic E-state index is -2.94. The Morgan fingerprint density at radius 2 is 1.84 bits per heavy atom. The lowest BCUT2D eigenvalue weighted by atomic mass is 9.97. The standard InChI is InChI=1S/C26H33F2N5O5/c1-14-11-19-18(12-31(14)25(36)38-26(3,4)5)21-23(35)32(13-20(22(34)29-6)33(21)30-19)15(2)16-7-9-17(10-8-16)37-24(27)28/h7-10,14-15,20,24H,11-13H2,1-6H3,(H,29,34)/t14-,15+,20+/m1/s1. The number of hydrogen-bond acceptors (Lipinski definition) is 6. The molecule has 12 heteroatoms. The van der Waals surface area contributed by atoms with Gasteiger partial charge in [-0.05, 0) is 52.3 Å². The molecule has 2 aromatic rings. The van der Waals surface area contributed by atoms with Crippen molar-refractivity contribution in [3.05, 3.63) is 46.8 Å². The summed E-state index contributed by atoms with van der Waals surface area (Å²) in [4.78, 5) is 42.9. The van der Waals surface area contributed by atoms with E-state index in [0.29, 0.717) is 23.2 Å². The van der Waals surface area contributed by atoms with E-state index >= 15 is 0 Å². The third kappa shape index (κ3) is 5.30. The highest BCUT2D eigenvalue weighted by molar-refractivity contribution is 5.97. The van der Waals surface area contributed by atoms with Crippen LogP contribution in [-0.4, -0.2) is 69.3 Å². The number of hydrogen-bond donors (Lipinski definition) is 1. The Morgan fingerprint density at radius 1 is 1.18 bits per heavy atom. The van der Waals surface area contributed by atoms with Crippen LogP contribution in [0.25, 0.3) is 0 Å². The van der Waals surface area contributed by atoms with Crippen molar-refractivity contribution in [1.29, 1.82) is 0 Å². The summed E-state index contributed by atoms with van der Waals surface area (Å²) in [6.45, 7) is 6.29. The van der Waals surface area contributed by atoms with Gasteiger partial charge in [0.1, 0.15) is 23.1 Å². The van der Waals surface area contributed by atoms with Crippen LogP contribution in [0.4, 0.5) is 13.6 Å². The fourth-order valence-electron chi connectivity index (χ4n) is 4.86. The molecule has 0 fully saturated rings. The number of carbonyl (C=O) groups excluding carboxylic acids is 3. The highest BCUT2D eigenvalue weighted by Gasteiger charge is 2.44. The van der Waals surface area contributed by atoms with Crippen LogP contribution in [0.15, 0.2) is 24.3 Å². The molecular weight excluding hydrogens is 500 g/mol. The fourth-order valence-corrected chi connectivity index (χ4v) is 4.86. The molecule has 206 valence electrons. The summed E-state index contributed by atoms with van der Waals surface area (Å²) in [5, 5.41) is 7.31. The SMILES string of the molecule is CNC(=O)[C@@H]1CN([C@@H](C)c2ccc(OC(F)F)cc2)C(=O)c2c3c(nn21)C[C@@H](C)N(C(=O)OC(C)(C)C)C3. The second kappa shape index (κ2) is 10.2. The summed E-state index contributed by atoms with van der Waals surface area (Å²) in [7, 11) is 1.52. The Bertz CT molecular complexity index is 1220. The molecule has 3 heterocycles. The minimum Gasteiger partial charge on any atom is -0.444 e. The number of halogens is 2. The normalized spacial score (nSPS) is 20.1.